The Bertz CT molecular complexity index is 955. The fourth-order valence-corrected chi connectivity index (χ4v) is 6.10. The van der Waals surface area contributed by atoms with Crippen molar-refractivity contribution in [3.63, 3.8) is 0 Å². The van der Waals surface area contributed by atoms with Gasteiger partial charge in [-0.1, -0.05) is 25.1 Å². The number of carbonyl (C=O) groups is 1. The molecule has 0 unspecified atom stereocenters. The maximum Gasteiger partial charge on any atom is 0.359 e. The average molecular weight is 445 g/mol. The molecule has 7 heteroatoms. The lowest BCUT2D eigenvalue weighted by Crippen LogP contribution is -2.60. The molecule has 1 saturated heterocycles. The van der Waals surface area contributed by atoms with E-state index in [1.165, 1.54) is 18.1 Å². The van der Waals surface area contributed by atoms with E-state index in [9.17, 15) is 9.90 Å². The number of nitrogens with zero attached hydrogens (tertiary/aromatic N) is 2. The van der Waals surface area contributed by atoms with Crippen molar-refractivity contribution in [3.8, 4) is 0 Å². The van der Waals surface area contributed by atoms with Crippen molar-refractivity contribution in [2.24, 2.45) is 5.41 Å². The minimum Gasteiger partial charge on any atom is -0.465 e. The van der Waals surface area contributed by atoms with Crippen molar-refractivity contribution >= 4 is 16.9 Å². The molecule has 0 radical (unpaired) electrons. The Labute approximate surface area is 189 Å². The lowest BCUT2D eigenvalue weighted by molar-refractivity contribution is -0.194. The Kier molecular flexibility index (Phi) is 7.45. The zero-order valence-electron chi connectivity index (χ0n) is 19.2. The third-order valence-corrected chi connectivity index (χ3v) is 7.28. The van der Waals surface area contributed by atoms with Gasteiger partial charge in [0.1, 0.15) is 0 Å². The zero-order valence-corrected chi connectivity index (χ0v) is 19.2. The van der Waals surface area contributed by atoms with Gasteiger partial charge in [0.25, 0.3) is 0 Å². The SMILES string of the molecule is C=C.CC[C@]12CCCN3CCc4c(n(c5ccccc45)[C@@](O)(C(=O)OC)C1)[C@@H]32.OCCO. The number of aliphatic hydroxyl groups is 3. The predicted octanol–water partition coefficient (Wildman–Crippen LogP) is 2.73. The highest BCUT2D eigenvalue weighted by atomic mass is 16.5. The van der Waals surface area contributed by atoms with Crippen molar-refractivity contribution in [2.75, 3.05) is 33.4 Å². The van der Waals surface area contributed by atoms with Crippen molar-refractivity contribution < 1.29 is 24.9 Å². The highest BCUT2D eigenvalue weighted by molar-refractivity contribution is 5.90. The highest BCUT2D eigenvalue weighted by Gasteiger charge is 2.60. The number of carbonyl (C=O) groups excluding carboxylic acids is 1. The van der Waals surface area contributed by atoms with E-state index in [0.717, 1.165) is 50.0 Å². The molecule has 0 saturated carbocycles. The topological polar surface area (TPSA) is 95.2 Å². The summed E-state index contributed by atoms with van der Waals surface area (Å²) in [5.74, 6) is -0.546. The number of benzene rings is 1. The van der Waals surface area contributed by atoms with E-state index in [2.05, 4.69) is 31.0 Å². The molecule has 5 rings (SSSR count). The number of hydrogen-bond acceptors (Lipinski definition) is 6. The smallest absolute Gasteiger partial charge is 0.359 e. The minimum absolute atomic E-state index is 0.0826. The summed E-state index contributed by atoms with van der Waals surface area (Å²) in [5, 5.41) is 28.1. The van der Waals surface area contributed by atoms with Crippen molar-refractivity contribution in [1.29, 1.82) is 0 Å². The zero-order chi connectivity index (χ0) is 23.5. The second-order valence-corrected chi connectivity index (χ2v) is 8.66. The molecule has 3 atom stereocenters. The minimum atomic E-state index is -1.63. The molecule has 2 aromatic rings. The van der Waals surface area contributed by atoms with Crippen LogP contribution in [0.25, 0.3) is 10.9 Å². The van der Waals surface area contributed by atoms with Gasteiger partial charge in [-0.2, -0.15) is 0 Å². The summed E-state index contributed by atoms with van der Waals surface area (Å²) in [6, 6.07) is 8.45. The molecule has 1 aromatic carbocycles. The molecule has 0 amide bonds. The molecule has 7 nitrogen and oxygen atoms in total. The fourth-order valence-electron chi connectivity index (χ4n) is 6.10. The lowest BCUT2D eigenvalue weighted by Gasteiger charge is -2.57. The van der Waals surface area contributed by atoms with Gasteiger partial charge in [0.15, 0.2) is 0 Å². The van der Waals surface area contributed by atoms with Gasteiger partial charge in [-0.25, -0.2) is 4.79 Å². The number of methoxy groups -OCH3 is 1. The van der Waals surface area contributed by atoms with Gasteiger partial charge in [-0.3, -0.25) is 4.90 Å². The molecule has 1 aromatic heterocycles. The standard InChI is InChI=1S/C21H26N2O3.C2H6O2.C2H4/c1-3-20-10-6-11-22-12-9-15-14-7-4-5-8-16(14)23(17(15)18(20)22)21(25,13-20)19(24)26-2;3-1-2-4;1-2/h4-5,7-8,18,25H,3,6,9-13H2,1-2H3;3-4H,1-2H2;1-2H2/t18-,20+,21+;;/m1../s1. The van der Waals surface area contributed by atoms with Crippen LogP contribution in [-0.4, -0.2) is 64.2 Å². The third kappa shape index (κ3) is 3.57. The van der Waals surface area contributed by atoms with Crippen molar-refractivity contribution in [1.82, 2.24) is 9.47 Å². The quantitative estimate of drug-likeness (QED) is 0.498. The van der Waals surface area contributed by atoms with Gasteiger partial charge in [0, 0.05) is 24.0 Å². The van der Waals surface area contributed by atoms with Gasteiger partial charge >= 0.3 is 5.97 Å². The van der Waals surface area contributed by atoms with Crippen LogP contribution in [0.15, 0.2) is 37.4 Å². The molecule has 3 aliphatic rings. The van der Waals surface area contributed by atoms with Crippen LogP contribution in [0.1, 0.15) is 49.9 Å². The molecule has 1 fully saturated rings. The molecule has 176 valence electrons. The van der Waals surface area contributed by atoms with Gasteiger partial charge in [-0.05, 0) is 49.3 Å². The number of fused-ring (bicyclic) bond motifs is 3. The van der Waals surface area contributed by atoms with E-state index in [1.54, 1.807) is 0 Å². The van der Waals surface area contributed by atoms with Crippen LogP contribution in [0.2, 0.25) is 0 Å². The summed E-state index contributed by atoms with van der Waals surface area (Å²) in [6.45, 7) is 10.1. The first-order valence-electron chi connectivity index (χ1n) is 11.4. The summed E-state index contributed by atoms with van der Waals surface area (Å²) in [7, 11) is 1.37. The van der Waals surface area contributed by atoms with Gasteiger partial charge in [0.05, 0.1) is 31.9 Å². The first kappa shape index (κ1) is 24.5. The van der Waals surface area contributed by atoms with Gasteiger partial charge < -0.3 is 24.6 Å². The number of para-hydroxylation sites is 1. The number of aliphatic hydroxyl groups excluding tert-OH is 2. The molecule has 3 N–H and O–H groups in total. The monoisotopic (exact) mass is 444 g/mol. The van der Waals surface area contributed by atoms with Gasteiger partial charge in [-0.15, -0.1) is 13.2 Å². The molecule has 0 spiro atoms. The molecule has 0 aliphatic carbocycles. The number of piperidine rings is 1. The average Bonchev–Trinajstić information content (AvgIpc) is 3.20. The lowest BCUT2D eigenvalue weighted by atomic mass is 9.62. The fraction of sp³-hybridized carbons (Fsp3) is 0.560. The van der Waals surface area contributed by atoms with Crippen LogP contribution in [0.5, 0.6) is 0 Å². The molecular weight excluding hydrogens is 408 g/mol. The normalized spacial score (nSPS) is 28.0. The van der Waals surface area contributed by atoms with Crippen molar-refractivity contribution in [2.45, 2.75) is 50.8 Å². The largest absolute Gasteiger partial charge is 0.465 e. The summed E-state index contributed by atoms with van der Waals surface area (Å²) < 4.78 is 7.01. The summed E-state index contributed by atoms with van der Waals surface area (Å²) in [6.07, 6.45) is 4.52. The van der Waals surface area contributed by atoms with E-state index >= 15 is 0 Å². The molecule has 4 heterocycles. The predicted molar refractivity (Wildman–Crippen MR) is 124 cm³/mol. The van der Waals surface area contributed by atoms with Gasteiger partial charge in [0.2, 0.25) is 5.72 Å². The van der Waals surface area contributed by atoms with E-state index in [4.69, 9.17) is 14.9 Å². The van der Waals surface area contributed by atoms with Crippen LogP contribution in [0.3, 0.4) is 0 Å². The maximum absolute atomic E-state index is 12.8. The number of rotatable bonds is 3. The van der Waals surface area contributed by atoms with Crippen LogP contribution in [0.4, 0.5) is 0 Å². The Morgan fingerprint density at radius 3 is 2.53 bits per heavy atom. The Morgan fingerprint density at radius 1 is 1.22 bits per heavy atom. The molecule has 32 heavy (non-hydrogen) atoms. The van der Waals surface area contributed by atoms with E-state index < -0.39 is 11.7 Å². The second kappa shape index (κ2) is 9.75. The van der Waals surface area contributed by atoms with E-state index in [1.807, 2.05) is 22.8 Å². The van der Waals surface area contributed by atoms with Crippen LogP contribution < -0.4 is 0 Å². The Morgan fingerprint density at radius 2 is 1.91 bits per heavy atom. The number of ether oxygens (including phenoxy) is 1. The van der Waals surface area contributed by atoms with Crippen molar-refractivity contribution in [3.05, 3.63) is 48.7 Å². The summed E-state index contributed by atoms with van der Waals surface area (Å²) >= 11 is 0. The number of esters is 1. The van der Waals surface area contributed by atoms with E-state index in [0.29, 0.717) is 6.42 Å². The number of aromatic nitrogens is 1. The summed E-state index contributed by atoms with van der Waals surface area (Å²) in [5.41, 5.74) is 1.69. The molecule has 0 bridgehead atoms. The van der Waals surface area contributed by atoms with Crippen LogP contribution >= 0.6 is 0 Å². The Balaban J connectivity index is 0.000000437. The first-order chi connectivity index (χ1) is 15.5. The van der Waals surface area contributed by atoms with E-state index in [-0.39, 0.29) is 24.7 Å². The summed E-state index contributed by atoms with van der Waals surface area (Å²) in [4.78, 5) is 15.4. The maximum atomic E-state index is 12.8. The third-order valence-electron chi connectivity index (χ3n) is 7.28. The molecule has 3 aliphatic heterocycles. The molecular formula is C25H36N2O5. The van der Waals surface area contributed by atoms with Crippen LogP contribution in [-0.2, 0) is 21.7 Å². The number of hydrogen-bond donors (Lipinski definition) is 3. The Hall–Kier alpha value is -2.19. The second-order valence-electron chi connectivity index (χ2n) is 8.66. The highest BCUT2D eigenvalue weighted by Crippen LogP contribution is 2.60. The first-order valence-corrected chi connectivity index (χ1v) is 11.4. The van der Waals surface area contributed by atoms with Crippen LogP contribution in [0, 0.1) is 5.41 Å².